The second kappa shape index (κ2) is 8.48. The Kier molecular flexibility index (Phi) is 5.85. The third kappa shape index (κ3) is 4.93. The highest BCUT2D eigenvalue weighted by Gasteiger charge is 2.21. The van der Waals surface area contributed by atoms with Gasteiger partial charge in [0.2, 0.25) is 0 Å². The van der Waals surface area contributed by atoms with Gasteiger partial charge in [-0.15, -0.1) is 0 Å². The van der Waals surface area contributed by atoms with Crippen molar-refractivity contribution in [1.29, 1.82) is 0 Å². The Morgan fingerprint density at radius 1 is 1.00 bits per heavy atom. The first-order valence-electron chi connectivity index (χ1n) is 8.40. The average Bonchev–Trinajstić information content (AvgIpc) is 2.68. The fourth-order valence-electron chi connectivity index (χ4n) is 2.81. The SMILES string of the molecule is COc1ccc(OCC(=O)N2CCN(Cc3ccncc3)CC2)cc1. The fraction of sp³-hybridized carbons (Fsp3) is 0.368. The molecule has 0 atom stereocenters. The Balaban J connectivity index is 1.41. The summed E-state index contributed by atoms with van der Waals surface area (Å²) in [5.74, 6) is 1.47. The van der Waals surface area contributed by atoms with Crippen LogP contribution in [0.25, 0.3) is 0 Å². The number of ether oxygens (including phenoxy) is 2. The lowest BCUT2D eigenvalue weighted by atomic mass is 10.2. The quantitative estimate of drug-likeness (QED) is 0.802. The van der Waals surface area contributed by atoms with E-state index in [1.807, 2.05) is 41.6 Å². The number of piperazine rings is 1. The number of hydrogen-bond acceptors (Lipinski definition) is 5. The van der Waals surface area contributed by atoms with Crippen molar-refractivity contribution in [3.63, 3.8) is 0 Å². The van der Waals surface area contributed by atoms with E-state index in [0.29, 0.717) is 5.75 Å². The van der Waals surface area contributed by atoms with Crippen LogP contribution in [0, 0.1) is 0 Å². The summed E-state index contributed by atoms with van der Waals surface area (Å²) in [6.07, 6.45) is 3.62. The first-order valence-corrected chi connectivity index (χ1v) is 8.40. The molecule has 0 spiro atoms. The van der Waals surface area contributed by atoms with Crippen molar-refractivity contribution in [3.05, 3.63) is 54.4 Å². The Morgan fingerprint density at radius 3 is 2.28 bits per heavy atom. The van der Waals surface area contributed by atoms with Gasteiger partial charge in [-0.25, -0.2) is 0 Å². The molecule has 132 valence electrons. The van der Waals surface area contributed by atoms with Crippen molar-refractivity contribution in [2.75, 3.05) is 39.9 Å². The molecule has 1 aromatic carbocycles. The van der Waals surface area contributed by atoms with Crippen molar-refractivity contribution in [1.82, 2.24) is 14.8 Å². The smallest absolute Gasteiger partial charge is 0.260 e. The summed E-state index contributed by atoms with van der Waals surface area (Å²) < 4.78 is 10.7. The molecule has 2 aromatic rings. The van der Waals surface area contributed by atoms with Crippen LogP contribution in [0.15, 0.2) is 48.8 Å². The third-order valence-corrected chi connectivity index (χ3v) is 4.30. The molecular weight excluding hydrogens is 318 g/mol. The van der Waals surface area contributed by atoms with Crippen LogP contribution in [0.4, 0.5) is 0 Å². The molecule has 6 heteroatoms. The van der Waals surface area contributed by atoms with Gasteiger partial charge in [-0.2, -0.15) is 0 Å². The summed E-state index contributed by atoms with van der Waals surface area (Å²) in [7, 11) is 1.62. The minimum Gasteiger partial charge on any atom is -0.497 e. The molecule has 1 aliphatic heterocycles. The highest BCUT2D eigenvalue weighted by molar-refractivity contribution is 5.77. The largest absolute Gasteiger partial charge is 0.497 e. The van der Waals surface area contributed by atoms with Crippen molar-refractivity contribution in [2.45, 2.75) is 6.54 Å². The molecule has 1 aliphatic rings. The minimum atomic E-state index is 0.0272. The molecule has 1 saturated heterocycles. The maximum absolute atomic E-state index is 12.3. The molecule has 6 nitrogen and oxygen atoms in total. The standard InChI is InChI=1S/C19H23N3O3/c1-24-17-2-4-18(5-3-17)25-15-19(23)22-12-10-21(11-13-22)14-16-6-8-20-9-7-16/h2-9H,10-15H2,1H3. The summed E-state index contributed by atoms with van der Waals surface area (Å²) in [4.78, 5) is 20.6. The Morgan fingerprint density at radius 2 is 1.64 bits per heavy atom. The monoisotopic (exact) mass is 341 g/mol. The molecule has 3 rings (SSSR count). The van der Waals surface area contributed by atoms with Gasteiger partial charge >= 0.3 is 0 Å². The zero-order valence-corrected chi connectivity index (χ0v) is 14.4. The van der Waals surface area contributed by atoms with E-state index in [-0.39, 0.29) is 12.5 Å². The Labute approximate surface area is 148 Å². The third-order valence-electron chi connectivity index (χ3n) is 4.30. The van der Waals surface area contributed by atoms with Crippen molar-refractivity contribution >= 4 is 5.91 Å². The van der Waals surface area contributed by atoms with E-state index in [9.17, 15) is 4.79 Å². The molecule has 0 radical (unpaired) electrons. The maximum Gasteiger partial charge on any atom is 0.260 e. The molecular formula is C19H23N3O3. The van der Waals surface area contributed by atoms with Gasteiger partial charge in [-0.1, -0.05) is 0 Å². The van der Waals surface area contributed by atoms with Crippen molar-refractivity contribution in [3.8, 4) is 11.5 Å². The number of amides is 1. The number of benzene rings is 1. The van der Waals surface area contributed by atoms with Crippen LogP contribution in [-0.2, 0) is 11.3 Å². The summed E-state index contributed by atoms with van der Waals surface area (Å²) in [5, 5.41) is 0. The number of carbonyl (C=O) groups excluding carboxylic acids is 1. The summed E-state index contributed by atoms with van der Waals surface area (Å²) in [6.45, 7) is 4.17. The van der Waals surface area contributed by atoms with Gasteiger partial charge in [0.25, 0.3) is 5.91 Å². The normalized spacial score (nSPS) is 15.0. The van der Waals surface area contributed by atoms with Crippen LogP contribution in [0.2, 0.25) is 0 Å². The van der Waals surface area contributed by atoms with E-state index in [2.05, 4.69) is 9.88 Å². The van der Waals surface area contributed by atoms with Crippen LogP contribution >= 0.6 is 0 Å². The lowest BCUT2D eigenvalue weighted by molar-refractivity contribution is -0.135. The van der Waals surface area contributed by atoms with Gasteiger partial charge in [0.05, 0.1) is 7.11 Å². The first-order chi connectivity index (χ1) is 12.2. The minimum absolute atomic E-state index is 0.0272. The average molecular weight is 341 g/mol. The number of rotatable bonds is 6. The zero-order chi connectivity index (χ0) is 17.5. The molecule has 25 heavy (non-hydrogen) atoms. The number of hydrogen-bond donors (Lipinski definition) is 0. The van der Waals surface area contributed by atoms with E-state index >= 15 is 0 Å². The lowest BCUT2D eigenvalue weighted by Gasteiger charge is -2.34. The second-order valence-electron chi connectivity index (χ2n) is 5.98. The highest BCUT2D eigenvalue weighted by atomic mass is 16.5. The fourth-order valence-corrected chi connectivity index (χ4v) is 2.81. The molecule has 0 bridgehead atoms. The van der Waals surface area contributed by atoms with Crippen molar-refractivity contribution < 1.29 is 14.3 Å². The molecule has 0 N–H and O–H groups in total. The van der Waals surface area contributed by atoms with Gasteiger partial charge in [-0.3, -0.25) is 14.7 Å². The second-order valence-corrected chi connectivity index (χ2v) is 5.98. The summed E-state index contributed by atoms with van der Waals surface area (Å²) in [5.41, 5.74) is 1.25. The number of pyridine rings is 1. The van der Waals surface area contributed by atoms with Gasteiger partial charge in [0, 0.05) is 45.1 Å². The van der Waals surface area contributed by atoms with Crippen molar-refractivity contribution in [2.24, 2.45) is 0 Å². The predicted molar refractivity (Wildman–Crippen MR) is 94.6 cm³/mol. The predicted octanol–water partition coefficient (Wildman–Crippen LogP) is 1.81. The number of aromatic nitrogens is 1. The van der Waals surface area contributed by atoms with E-state index < -0.39 is 0 Å². The zero-order valence-electron chi connectivity index (χ0n) is 14.4. The van der Waals surface area contributed by atoms with Crippen LogP contribution in [0.5, 0.6) is 11.5 Å². The summed E-state index contributed by atoms with van der Waals surface area (Å²) in [6, 6.07) is 11.3. The molecule has 0 unspecified atom stereocenters. The topological polar surface area (TPSA) is 54.9 Å². The van der Waals surface area contributed by atoms with Crippen LogP contribution in [-0.4, -0.2) is 60.6 Å². The lowest BCUT2D eigenvalue weighted by Crippen LogP contribution is -2.49. The van der Waals surface area contributed by atoms with E-state index in [4.69, 9.17) is 9.47 Å². The number of methoxy groups -OCH3 is 1. The molecule has 2 heterocycles. The summed E-state index contributed by atoms with van der Waals surface area (Å²) >= 11 is 0. The maximum atomic E-state index is 12.3. The van der Waals surface area contributed by atoms with Gasteiger partial charge in [-0.05, 0) is 42.0 Å². The Bertz CT molecular complexity index is 668. The molecule has 1 fully saturated rings. The molecule has 1 amide bonds. The molecule has 0 aliphatic carbocycles. The van der Waals surface area contributed by atoms with Crippen LogP contribution in [0.1, 0.15) is 5.56 Å². The first kappa shape index (κ1) is 17.2. The highest BCUT2D eigenvalue weighted by Crippen LogP contribution is 2.17. The number of carbonyl (C=O) groups is 1. The van der Waals surface area contributed by atoms with Gasteiger partial charge in [0.15, 0.2) is 6.61 Å². The number of nitrogens with zero attached hydrogens (tertiary/aromatic N) is 3. The van der Waals surface area contributed by atoms with E-state index in [1.165, 1.54) is 5.56 Å². The van der Waals surface area contributed by atoms with E-state index in [1.54, 1.807) is 19.2 Å². The Hall–Kier alpha value is -2.60. The van der Waals surface area contributed by atoms with E-state index in [0.717, 1.165) is 38.5 Å². The van der Waals surface area contributed by atoms with Crippen LogP contribution < -0.4 is 9.47 Å². The van der Waals surface area contributed by atoms with Gasteiger partial charge in [0.1, 0.15) is 11.5 Å². The molecule has 1 aromatic heterocycles. The van der Waals surface area contributed by atoms with Gasteiger partial charge < -0.3 is 14.4 Å². The molecule has 0 saturated carbocycles. The van der Waals surface area contributed by atoms with Crippen LogP contribution in [0.3, 0.4) is 0 Å².